The van der Waals surface area contributed by atoms with Gasteiger partial charge < -0.3 is 9.47 Å². The van der Waals surface area contributed by atoms with Crippen LogP contribution in [0.4, 0.5) is 0 Å². The van der Waals surface area contributed by atoms with Crippen LogP contribution in [0.25, 0.3) is 5.69 Å². The van der Waals surface area contributed by atoms with Crippen LogP contribution in [0.5, 0.6) is 0 Å². The number of hydrogen-bond acceptors (Lipinski definition) is 4. The fourth-order valence-corrected chi connectivity index (χ4v) is 3.23. The highest BCUT2D eigenvalue weighted by Crippen LogP contribution is 2.14. The van der Waals surface area contributed by atoms with Gasteiger partial charge in [0, 0.05) is 68.8 Å². The van der Waals surface area contributed by atoms with Gasteiger partial charge in [0.2, 0.25) is 0 Å². The molecule has 1 amide bonds. The zero-order valence-electron chi connectivity index (χ0n) is 14.5. The lowest BCUT2D eigenvalue weighted by atomic mass is 10.1. The number of amides is 1. The van der Waals surface area contributed by atoms with Gasteiger partial charge in [-0.3, -0.25) is 14.7 Å². The van der Waals surface area contributed by atoms with E-state index in [1.165, 1.54) is 5.56 Å². The van der Waals surface area contributed by atoms with Crippen LogP contribution < -0.4 is 0 Å². The van der Waals surface area contributed by atoms with E-state index in [-0.39, 0.29) is 5.91 Å². The van der Waals surface area contributed by atoms with Crippen LogP contribution in [0.3, 0.4) is 0 Å². The van der Waals surface area contributed by atoms with Crippen molar-refractivity contribution >= 4 is 5.91 Å². The molecule has 2 aromatic heterocycles. The molecule has 1 aliphatic heterocycles. The Morgan fingerprint density at radius 3 is 2.27 bits per heavy atom. The minimum atomic E-state index is 0.103. The Hall–Kier alpha value is -2.99. The van der Waals surface area contributed by atoms with Gasteiger partial charge in [-0.05, 0) is 42.0 Å². The van der Waals surface area contributed by atoms with Gasteiger partial charge in [0.1, 0.15) is 0 Å². The largest absolute Gasteiger partial charge is 0.336 e. The molecule has 6 heteroatoms. The molecule has 3 heterocycles. The fourth-order valence-electron chi connectivity index (χ4n) is 3.23. The molecule has 0 aliphatic carbocycles. The SMILES string of the molecule is O=C(c1ccc(-n2ccnc2)cc1)N1CCN(Cc2ccncc2)CC1. The Labute approximate surface area is 152 Å². The summed E-state index contributed by atoms with van der Waals surface area (Å²) in [5, 5.41) is 0. The number of rotatable bonds is 4. The Balaban J connectivity index is 1.34. The number of benzene rings is 1. The maximum Gasteiger partial charge on any atom is 0.253 e. The fraction of sp³-hybridized carbons (Fsp3) is 0.250. The van der Waals surface area contributed by atoms with Crippen molar-refractivity contribution in [1.82, 2.24) is 24.3 Å². The van der Waals surface area contributed by atoms with Crippen LogP contribution in [0.2, 0.25) is 0 Å². The normalized spacial score (nSPS) is 15.2. The van der Waals surface area contributed by atoms with E-state index in [0.29, 0.717) is 0 Å². The first-order valence-electron chi connectivity index (χ1n) is 8.78. The first kappa shape index (κ1) is 16.5. The van der Waals surface area contributed by atoms with Crippen molar-refractivity contribution < 1.29 is 4.79 Å². The van der Waals surface area contributed by atoms with Gasteiger partial charge in [0.05, 0.1) is 6.33 Å². The van der Waals surface area contributed by atoms with Gasteiger partial charge >= 0.3 is 0 Å². The standard InChI is InChI=1S/C20H21N5O/c26-20(18-1-3-19(4-2-18)25-10-9-22-16-25)24-13-11-23(12-14-24)15-17-5-7-21-8-6-17/h1-10,16H,11-15H2. The summed E-state index contributed by atoms with van der Waals surface area (Å²) in [6.45, 7) is 4.20. The van der Waals surface area contributed by atoms with Crippen LogP contribution >= 0.6 is 0 Å². The molecule has 1 aromatic carbocycles. The van der Waals surface area contributed by atoms with E-state index in [0.717, 1.165) is 44.0 Å². The topological polar surface area (TPSA) is 54.3 Å². The second-order valence-corrected chi connectivity index (χ2v) is 6.44. The second-order valence-electron chi connectivity index (χ2n) is 6.44. The van der Waals surface area contributed by atoms with Gasteiger partial charge in [-0.15, -0.1) is 0 Å². The Bertz CT molecular complexity index is 838. The smallest absolute Gasteiger partial charge is 0.253 e. The van der Waals surface area contributed by atoms with E-state index >= 15 is 0 Å². The van der Waals surface area contributed by atoms with Gasteiger partial charge in [0.15, 0.2) is 0 Å². The van der Waals surface area contributed by atoms with Crippen molar-refractivity contribution in [2.75, 3.05) is 26.2 Å². The molecule has 1 fully saturated rings. The first-order chi connectivity index (χ1) is 12.8. The minimum Gasteiger partial charge on any atom is -0.336 e. The molecule has 0 saturated carbocycles. The van der Waals surface area contributed by atoms with Gasteiger partial charge in [0.25, 0.3) is 5.91 Å². The molecule has 3 aromatic rings. The van der Waals surface area contributed by atoms with E-state index < -0.39 is 0 Å². The van der Waals surface area contributed by atoms with Gasteiger partial charge in [-0.1, -0.05) is 0 Å². The lowest BCUT2D eigenvalue weighted by Crippen LogP contribution is -2.48. The Morgan fingerprint density at radius 1 is 0.885 bits per heavy atom. The highest BCUT2D eigenvalue weighted by molar-refractivity contribution is 5.94. The number of pyridine rings is 1. The summed E-state index contributed by atoms with van der Waals surface area (Å²) in [6, 6.07) is 11.8. The van der Waals surface area contributed by atoms with Gasteiger partial charge in [-0.25, -0.2) is 4.98 Å². The van der Waals surface area contributed by atoms with Crippen molar-refractivity contribution in [1.29, 1.82) is 0 Å². The Morgan fingerprint density at radius 2 is 1.62 bits per heavy atom. The highest BCUT2D eigenvalue weighted by atomic mass is 16.2. The summed E-state index contributed by atoms with van der Waals surface area (Å²) in [4.78, 5) is 25.2. The summed E-state index contributed by atoms with van der Waals surface area (Å²) in [5.41, 5.74) is 2.99. The molecule has 0 radical (unpaired) electrons. The molecule has 1 aliphatic rings. The summed E-state index contributed by atoms with van der Waals surface area (Å²) in [6.07, 6.45) is 9.02. The quantitative estimate of drug-likeness (QED) is 0.726. The van der Waals surface area contributed by atoms with Crippen LogP contribution in [0.1, 0.15) is 15.9 Å². The zero-order valence-corrected chi connectivity index (χ0v) is 14.5. The maximum absolute atomic E-state index is 12.7. The van der Waals surface area contributed by atoms with Crippen LogP contribution in [-0.4, -0.2) is 56.4 Å². The van der Waals surface area contributed by atoms with E-state index in [4.69, 9.17) is 0 Å². The molecule has 26 heavy (non-hydrogen) atoms. The number of carbonyl (C=O) groups excluding carboxylic acids is 1. The molecule has 1 saturated heterocycles. The summed E-state index contributed by atoms with van der Waals surface area (Å²) in [5.74, 6) is 0.103. The lowest BCUT2D eigenvalue weighted by Gasteiger charge is -2.34. The lowest BCUT2D eigenvalue weighted by molar-refractivity contribution is 0.0628. The van der Waals surface area contributed by atoms with Crippen LogP contribution in [0.15, 0.2) is 67.5 Å². The highest BCUT2D eigenvalue weighted by Gasteiger charge is 2.22. The molecule has 6 nitrogen and oxygen atoms in total. The molecular weight excluding hydrogens is 326 g/mol. The zero-order chi connectivity index (χ0) is 17.8. The third kappa shape index (κ3) is 3.65. The summed E-state index contributed by atoms with van der Waals surface area (Å²) in [7, 11) is 0. The van der Waals surface area contributed by atoms with E-state index in [1.807, 2.05) is 64.5 Å². The van der Waals surface area contributed by atoms with E-state index in [2.05, 4.69) is 14.9 Å². The van der Waals surface area contributed by atoms with Crippen LogP contribution in [0, 0.1) is 0 Å². The summed E-state index contributed by atoms with van der Waals surface area (Å²) < 4.78 is 1.92. The molecule has 0 unspecified atom stereocenters. The number of aromatic nitrogens is 3. The summed E-state index contributed by atoms with van der Waals surface area (Å²) >= 11 is 0. The van der Waals surface area contributed by atoms with Crippen LogP contribution in [-0.2, 0) is 6.54 Å². The van der Waals surface area contributed by atoms with Crippen molar-refractivity contribution in [3.63, 3.8) is 0 Å². The Kier molecular flexibility index (Phi) is 4.75. The third-order valence-corrected chi connectivity index (χ3v) is 4.73. The molecular formula is C20H21N5O. The van der Waals surface area contributed by atoms with E-state index in [9.17, 15) is 4.79 Å². The molecule has 132 valence electrons. The molecule has 0 spiro atoms. The predicted octanol–water partition coefficient (Wildman–Crippen LogP) is 2.23. The molecule has 0 atom stereocenters. The number of hydrogen-bond donors (Lipinski definition) is 0. The van der Waals surface area contributed by atoms with Crippen molar-refractivity contribution in [3.05, 3.63) is 78.6 Å². The van der Waals surface area contributed by atoms with Crippen molar-refractivity contribution in [2.45, 2.75) is 6.54 Å². The molecule has 0 N–H and O–H groups in total. The maximum atomic E-state index is 12.7. The second kappa shape index (κ2) is 7.49. The average molecular weight is 347 g/mol. The minimum absolute atomic E-state index is 0.103. The van der Waals surface area contributed by atoms with Crippen molar-refractivity contribution in [3.8, 4) is 5.69 Å². The number of piperazine rings is 1. The third-order valence-electron chi connectivity index (χ3n) is 4.73. The van der Waals surface area contributed by atoms with E-state index in [1.54, 1.807) is 12.5 Å². The predicted molar refractivity (Wildman–Crippen MR) is 99.0 cm³/mol. The number of nitrogens with zero attached hydrogens (tertiary/aromatic N) is 5. The van der Waals surface area contributed by atoms with Gasteiger partial charge in [-0.2, -0.15) is 0 Å². The first-order valence-corrected chi connectivity index (χ1v) is 8.78. The average Bonchev–Trinajstić information content (AvgIpc) is 3.24. The number of imidazole rings is 1. The molecule has 0 bridgehead atoms. The molecule has 4 rings (SSSR count). The number of carbonyl (C=O) groups is 1. The van der Waals surface area contributed by atoms with Crippen molar-refractivity contribution in [2.24, 2.45) is 0 Å². The monoisotopic (exact) mass is 347 g/mol.